The summed E-state index contributed by atoms with van der Waals surface area (Å²) in [6, 6.07) is 20.0. The summed E-state index contributed by atoms with van der Waals surface area (Å²) >= 11 is 6.61. The van der Waals surface area contributed by atoms with E-state index < -0.39 is 11.8 Å². The highest BCUT2D eigenvalue weighted by molar-refractivity contribution is 7.80. The fraction of sp³-hybridized carbons (Fsp3) is 0. The average molecular weight is 388 g/mol. The first kappa shape index (κ1) is 16.1. The fourth-order valence-electron chi connectivity index (χ4n) is 3.54. The highest BCUT2D eigenvalue weighted by atomic mass is 32.1. The summed E-state index contributed by atoms with van der Waals surface area (Å²) in [5, 5.41) is 8.76. The SMILES string of the molecule is O=C1NC(=S)NC(=O)C1=c1ccc2c(-c3ccccc3)sc3cccc1c32. The van der Waals surface area contributed by atoms with Crippen LogP contribution in [-0.2, 0) is 9.59 Å². The van der Waals surface area contributed by atoms with E-state index in [9.17, 15) is 9.59 Å². The number of amides is 2. The lowest BCUT2D eigenvalue weighted by Crippen LogP contribution is -2.52. The van der Waals surface area contributed by atoms with Crippen LogP contribution in [0.4, 0.5) is 0 Å². The highest BCUT2D eigenvalue weighted by Crippen LogP contribution is 2.41. The number of thiocarbonyl (C=S) groups is 1. The molecule has 0 bridgehead atoms. The van der Waals surface area contributed by atoms with Crippen molar-refractivity contribution in [1.29, 1.82) is 0 Å². The summed E-state index contributed by atoms with van der Waals surface area (Å²) in [6.07, 6.45) is 0. The van der Waals surface area contributed by atoms with Crippen LogP contribution in [0.3, 0.4) is 0 Å². The van der Waals surface area contributed by atoms with Crippen LogP contribution in [0.25, 0.3) is 36.9 Å². The maximum absolute atomic E-state index is 12.4. The van der Waals surface area contributed by atoms with E-state index in [1.807, 2.05) is 42.5 Å². The topological polar surface area (TPSA) is 58.2 Å². The van der Waals surface area contributed by atoms with Gasteiger partial charge in [0.05, 0.1) is 0 Å². The van der Waals surface area contributed by atoms with E-state index in [0.717, 1.165) is 26.4 Å². The Balaban J connectivity index is 1.88. The monoisotopic (exact) mass is 388 g/mol. The van der Waals surface area contributed by atoms with E-state index >= 15 is 0 Å². The zero-order chi connectivity index (χ0) is 18.5. The van der Waals surface area contributed by atoms with Crippen molar-refractivity contribution in [2.45, 2.75) is 0 Å². The molecule has 1 fully saturated rings. The Kier molecular flexibility index (Phi) is 3.56. The van der Waals surface area contributed by atoms with Crippen molar-refractivity contribution in [2.24, 2.45) is 0 Å². The molecule has 0 spiro atoms. The van der Waals surface area contributed by atoms with E-state index in [1.54, 1.807) is 11.3 Å². The quantitative estimate of drug-likeness (QED) is 0.493. The van der Waals surface area contributed by atoms with Gasteiger partial charge >= 0.3 is 0 Å². The van der Waals surface area contributed by atoms with Gasteiger partial charge in [0.1, 0.15) is 5.57 Å². The van der Waals surface area contributed by atoms with Gasteiger partial charge < -0.3 is 0 Å². The number of nitrogens with one attached hydrogen (secondary N) is 2. The Morgan fingerprint density at radius 1 is 0.778 bits per heavy atom. The number of carbonyl (C=O) groups excluding carboxylic acids is 2. The molecule has 4 aromatic rings. The van der Waals surface area contributed by atoms with Gasteiger partial charge in [0.25, 0.3) is 11.8 Å². The molecule has 4 nitrogen and oxygen atoms in total. The molecular formula is C21H12N2O2S2. The second kappa shape index (κ2) is 5.97. The van der Waals surface area contributed by atoms with Crippen molar-refractivity contribution >= 4 is 66.9 Å². The minimum absolute atomic E-state index is 0.0370. The summed E-state index contributed by atoms with van der Waals surface area (Å²) < 4.78 is 1.12. The zero-order valence-electron chi connectivity index (χ0n) is 13.9. The molecule has 0 atom stereocenters. The third kappa shape index (κ3) is 2.45. The number of hydrogen-bond donors (Lipinski definition) is 2. The molecule has 1 aromatic heterocycles. The predicted octanol–water partition coefficient (Wildman–Crippen LogP) is 3.12. The lowest BCUT2D eigenvalue weighted by atomic mass is 9.98. The van der Waals surface area contributed by atoms with Crippen LogP contribution in [0.5, 0.6) is 0 Å². The number of carbonyl (C=O) groups is 2. The Morgan fingerprint density at radius 3 is 2.26 bits per heavy atom. The van der Waals surface area contributed by atoms with Crippen LogP contribution in [0.1, 0.15) is 0 Å². The van der Waals surface area contributed by atoms with Crippen LogP contribution in [0, 0.1) is 0 Å². The second-order valence-corrected chi connectivity index (χ2v) is 7.71. The summed E-state index contributed by atoms with van der Waals surface area (Å²) in [4.78, 5) is 26.0. The largest absolute Gasteiger partial charge is 0.299 e. The number of rotatable bonds is 1. The van der Waals surface area contributed by atoms with Crippen LogP contribution >= 0.6 is 23.6 Å². The van der Waals surface area contributed by atoms with Crippen molar-refractivity contribution in [3.05, 3.63) is 65.9 Å². The first-order chi connectivity index (χ1) is 13.1. The van der Waals surface area contributed by atoms with Crippen LogP contribution < -0.4 is 15.9 Å². The van der Waals surface area contributed by atoms with Gasteiger partial charge in [-0.2, -0.15) is 0 Å². The maximum Gasteiger partial charge on any atom is 0.263 e. The van der Waals surface area contributed by atoms with Crippen molar-refractivity contribution in [3.63, 3.8) is 0 Å². The van der Waals surface area contributed by atoms with Gasteiger partial charge in [-0.25, -0.2) is 0 Å². The summed E-state index contributed by atoms with van der Waals surface area (Å²) in [6.45, 7) is 0. The first-order valence-corrected chi connectivity index (χ1v) is 9.56. The molecule has 130 valence electrons. The molecule has 0 radical (unpaired) electrons. The normalized spacial score (nSPS) is 14.7. The van der Waals surface area contributed by atoms with Gasteiger partial charge in [-0.3, -0.25) is 20.2 Å². The van der Waals surface area contributed by atoms with Gasteiger partial charge in [-0.05, 0) is 29.2 Å². The smallest absolute Gasteiger partial charge is 0.263 e. The standard InChI is InChI=1S/C21H12N2O2S2/c24-19-17(20(25)23-21(26)22-19)13-9-10-14-16-12(13)7-4-8-15(16)27-18(14)11-5-2-1-3-6-11/h1-10H,(H2,22,23,24,25,26). The third-order valence-corrected chi connectivity index (χ3v) is 6.10. The molecule has 1 saturated heterocycles. The number of benzene rings is 3. The van der Waals surface area contributed by atoms with E-state index in [4.69, 9.17) is 12.2 Å². The van der Waals surface area contributed by atoms with Gasteiger partial charge in [0, 0.05) is 25.6 Å². The van der Waals surface area contributed by atoms with E-state index in [0.29, 0.717) is 5.22 Å². The van der Waals surface area contributed by atoms with E-state index in [-0.39, 0.29) is 10.7 Å². The van der Waals surface area contributed by atoms with Crippen LogP contribution in [0.15, 0.2) is 60.7 Å². The first-order valence-electron chi connectivity index (χ1n) is 8.34. The van der Waals surface area contributed by atoms with Crippen molar-refractivity contribution in [1.82, 2.24) is 10.6 Å². The molecule has 5 rings (SSSR count). The lowest BCUT2D eigenvalue weighted by Gasteiger charge is -2.17. The van der Waals surface area contributed by atoms with Gasteiger partial charge in [0.15, 0.2) is 5.11 Å². The molecule has 1 aliphatic rings. The van der Waals surface area contributed by atoms with Crippen molar-refractivity contribution < 1.29 is 9.59 Å². The molecule has 0 aliphatic carbocycles. The minimum Gasteiger partial charge on any atom is -0.299 e. The Morgan fingerprint density at radius 2 is 1.52 bits per heavy atom. The minimum atomic E-state index is -0.470. The molecule has 3 aromatic carbocycles. The Hall–Kier alpha value is -3.09. The van der Waals surface area contributed by atoms with Crippen LogP contribution in [0.2, 0.25) is 0 Å². The van der Waals surface area contributed by atoms with Crippen molar-refractivity contribution in [3.8, 4) is 10.4 Å². The number of thiophene rings is 1. The molecule has 0 saturated carbocycles. The molecule has 0 unspecified atom stereocenters. The van der Waals surface area contributed by atoms with Gasteiger partial charge in [-0.1, -0.05) is 54.6 Å². The summed E-state index contributed by atoms with van der Waals surface area (Å²) in [5.41, 5.74) is 1.24. The van der Waals surface area contributed by atoms with Gasteiger partial charge in [-0.15, -0.1) is 11.3 Å². The molecule has 2 heterocycles. The van der Waals surface area contributed by atoms with Crippen molar-refractivity contribution in [2.75, 3.05) is 0 Å². The molecule has 2 amide bonds. The molecular weight excluding hydrogens is 376 g/mol. The Labute approximate surface area is 163 Å². The van der Waals surface area contributed by atoms with E-state index in [2.05, 4.69) is 28.8 Å². The average Bonchev–Trinajstić information content (AvgIpc) is 3.04. The fourth-order valence-corrected chi connectivity index (χ4v) is 4.95. The highest BCUT2D eigenvalue weighted by Gasteiger charge is 2.27. The number of hydrogen-bond acceptors (Lipinski definition) is 4. The summed E-state index contributed by atoms with van der Waals surface area (Å²) in [5.74, 6) is -0.940. The lowest BCUT2D eigenvalue weighted by molar-refractivity contribution is -0.120. The second-order valence-electron chi connectivity index (χ2n) is 6.25. The third-order valence-electron chi connectivity index (χ3n) is 4.67. The predicted molar refractivity (Wildman–Crippen MR) is 112 cm³/mol. The Bertz CT molecular complexity index is 1300. The maximum atomic E-state index is 12.4. The molecule has 2 N–H and O–H groups in total. The van der Waals surface area contributed by atoms with Gasteiger partial charge in [0.2, 0.25) is 0 Å². The van der Waals surface area contributed by atoms with Crippen LogP contribution in [-0.4, -0.2) is 16.9 Å². The molecule has 1 aliphatic heterocycles. The molecule has 27 heavy (non-hydrogen) atoms. The molecule has 6 heteroatoms. The summed E-state index contributed by atoms with van der Waals surface area (Å²) in [7, 11) is 0. The zero-order valence-corrected chi connectivity index (χ0v) is 15.5. The van der Waals surface area contributed by atoms with E-state index in [1.165, 1.54) is 4.88 Å².